The fourth-order valence-electron chi connectivity index (χ4n) is 3.19. The normalized spacial score (nSPS) is 11.4. The number of amides is 1. The second-order valence-corrected chi connectivity index (χ2v) is 9.81. The maximum atomic E-state index is 13.3. The number of hydrogen-bond acceptors (Lipinski definition) is 5. The zero-order valence-corrected chi connectivity index (χ0v) is 18.5. The molecule has 0 fully saturated rings. The molecular formula is C22H18FN3O4S2. The van der Waals surface area contributed by atoms with Crippen molar-refractivity contribution >= 4 is 48.9 Å². The summed E-state index contributed by atoms with van der Waals surface area (Å²) < 4.78 is 42.9. The van der Waals surface area contributed by atoms with Gasteiger partial charge in [0.05, 0.1) is 20.8 Å². The lowest BCUT2D eigenvalue weighted by Crippen LogP contribution is -2.38. The summed E-state index contributed by atoms with van der Waals surface area (Å²) in [6.07, 6.45) is 0. The van der Waals surface area contributed by atoms with Crippen molar-refractivity contribution in [2.75, 3.05) is 16.2 Å². The third-order valence-corrected chi connectivity index (χ3v) is 7.59. The van der Waals surface area contributed by atoms with Crippen LogP contribution in [0.4, 0.5) is 15.8 Å². The zero-order chi connectivity index (χ0) is 22.9. The first-order valence-electron chi connectivity index (χ1n) is 9.48. The minimum Gasteiger partial charge on any atom is -0.324 e. The Labute approximate surface area is 187 Å². The summed E-state index contributed by atoms with van der Waals surface area (Å²) >= 11 is 1.05. The van der Waals surface area contributed by atoms with E-state index in [1.807, 2.05) is 0 Å². The number of rotatable bonds is 6. The number of fused-ring (bicyclic) bond motifs is 1. The number of hydrogen-bond donors (Lipinski definition) is 1. The van der Waals surface area contributed by atoms with E-state index in [9.17, 15) is 22.4 Å². The highest BCUT2D eigenvalue weighted by Crippen LogP contribution is 2.25. The van der Waals surface area contributed by atoms with Crippen LogP contribution in [-0.2, 0) is 21.9 Å². The van der Waals surface area contributed by atoms with Gasteiger partial charge in [0.25, 0.3) is 10.0 Å². The van der Waals surface area contributed by atoms with Crippen molar-refractivity contribution in [2.45, 2.75) is 4.90 Å². The van der Waals surface area contributed by atoms with Crippen molar-refractivity contribution in [2.24, 2.45) is 7.05 Å². The van der Waals surface area contributed by atoms with E-state index in [4.69, 9.17) is 0 Å². The van der Waals surface area contributed by atoms with Gasteiger partial charge in [0.2, 0.25) is 5.91 Å². The van der Waals surface area contributed by atoms with Crippen LogP contribution in [0.1, 0.15) is 0 Å². The fourth-order valence-corrected chi connectivity index (χ4v) is 5.53. The number of aryl methyl sites for hydroxylation is 1. The van der Waals surface area contributed by atoms with Crippen LogP contribution in [-0.4, -0.2) is 25.4 Å². The summed E-state index contributed by atoms with van der Waals surface area (Å²) in [4.78, 5) is 24.4. The summed E-state index contributed by atoms with van der Waals surface area (Å²) in [5.74, 6) is -1.13. The van der Waals surface area contributed by atoms with Gasteiger partial charge >= 0.3 is 4.87 Å². The Morgan fingerprint density at radius 2 is 1.75 bits per heavy atom. The standard InChI is InChI=1S/C22H18FN3O4S2/c1-25-19-12-9-16(13-20(19)31-22(25)28)24-21(27)14-26(17-5-3-2-4-6-17)32(29,30)18-10-7-15(23)8-11-18/h2-13H,14H2,1H3,(H,24,27). The van der Waals surface area contributed by atoms with Crippen molar-refractivity contribution < 1.29 is 17.6 Å². The number of sulfonamides is 1. The Kier molecular flexibility index (Phi) is 5.81. The van der Waals surface area contributed by atoms with Crippen LogP contribution in [0, 0.1) is 5.82 Å². The highest BCUT2D eigenvalue weighted by Gasteiger charge is 2.27. The van der Waals surface area contributed by atoms with Gasteiger partial charge in [-0.3, -0.25) is 13.9 Å². The Balaban J connectivity index is 1.63. The van der Waals surface area contributed by atoms with Gasteiger partial charge in [0.1, 0.15) is 12.4 Å². The topological polar surface area (TPSA) is 88.5 Å². The molecule has 4 aromatic rings. The second-order valence-electron chi connectivity index (χ2n) is 6.96. The number of aromatic nitrogens is 1. The molecule has 0 aliphatic carbocycles. The number of anilines is 2. The minimum atomic E-state index is -4.13. The summed E-state index contributed by atoms with van der Waals surface area (Å²) in [6.45, 7) is -0.493. The smallest absolute Gasteiger partial charge is 0.307 e. The number of carbonyl (C=O) groups excluding carboxylic acids is 1. The van der Waals surface area contributed by atoms with Crippen molar-refractivity contribution in [1.82, 2.24) is 4.57 Å². The molecule has 1 aromatic heterocycles. The van der Waals surface area contributed by atoms with Crippen LogP contribution in [0.5, 0.6) is 0 Å². The van der Waals surface area contributed by atoms with Crippen LogP contribution >= 0.6 is 11.3 Å². The summed E-state index contributed by atoms with van der Waals surface area (Å²) in [5.41, 5.74) is 1.48. The first kappa shape index (κ1) is 21.7. The van der Waals surface area contributed by atoms with Crippen molar-refractivity contribution in [3.05, 3.63) is 88.3 Å². The lowest BCUT2D eigenvalue weighted by molar-refractivity contribution is -0.114. The van der Waals surface area contributed by atoms with E-state index in [0.29, 0.717) is 16.1 Å². The first-order valence-corrected chi connectivity index (χ1v) is 11.7. The Morgan fingerprint density at radius 1 is 1.06 bits per heavy atom. The summed E-state index contributed by atoms with van der Waals surface area (Å²) in [7, 11) is -2.47. The summed E-state index contributed by atoms with van der Waals surface area (Å²) in [5, 5.41) is 2.69. The fraction of sp³-hybridized carbons (Fsp3) is 0.0909. The molecule has 10 heteroatoms. The number of halogens is 1. The molecule has 0 aliphatic rings. The maximum Gasteiger partial charge on any atom is 0.307 e. The third-order valence-electron chi connectivity index (χ3n) is 4.81. The van der Waals surface area contributed by atoms with Crippen molar-refractivity contribution in [3.8, 4) is 0 Å². The molecule has 0 saturated heterocycles. The molecule has 3 aromatic carbocycles. The molecule has 0 aliphatic heterocycles. The lowest BCUT2D eigenvalue weighted by Gasteiger charge is -2.24. The SMILES string of the molecule is Cn1c(=O)sc2cc(NC(=O)CN(c3ccccc3)S(=O)(=O)c3ccc(F)cc3)ccc21. The molecule has 7 nitrogen and oxygen atoms in total. The average Bonchev–Trinajstić information content (AvgIpc) is 3.05. The van der Waals surface area contributed by atoms with E-state index in [2.05, 4.69) is 5.32 Å². The van der Waals surface area contributed by atoms with Crippen LogP contribution in [0.15, 0.2) is 82.5 Å². The molecule has 1 amide bonds. The molecule has 32 heavy (non-hydrogen) atoms. The highest BCUT2D eigenvalue weighted by molar-refractivity contribution is 7.92. The average molecular weight is 472 g/mol. The number of thiazole rings is 1. The van der Waals surface area contributed by atoms with Crippen LogP contribution < -0.4 is 14.5 Å². The van der Waals surface area contributed by atoms with Gasteiger partial charge in [-0.2, -0.15) is 0 Å². The minimum absolute atomic E-state index is 0.121. The van der Waals surface area contributed by atoms with Gasteiger partial charge in [-0.05, 0) is 54.6 Å². The van der Waals surface area contributed by atoms with Gasteiger partial charge in [0.15, 0.2) is 0 Å². The van der Waals surface area contributed by atoms with Gasteiger partial charge in [-0.1, -0.05) is 29.5 Å². The Hall–Kier alpha value is -3.50. The van der Waals surface area contributed by atoms with E-state index in [0.717, 1.165) is 45.4 Å². The van der Waals surface area contributed by atoms with E-state index in [1.54, 1.807) is 55.6 Å². The molecule has 0 saturated carbocycles. The number of para-hydroxylation sites is 1. The third kappa shape index (κ3) is 4.27. The van der Waals surface area contributed by atoms with Gasteiger partial charge in [-0.15, -0.1) is 0 Å². The maximum absolute atomic E-state index is 13.3. The molecule has 0 atom stereocenters. The zero-order valence-electron chi connectivity index (χ0n) is 16.9. The van der Waals surface area contributed by atoms with Crippen molar-refractivity contribution in [3.63, 3.8) is 0 Å². The largest absolute Gasteiger partial charge is 0.324 e. The predicted molar refractivity (Wildman–Crippen MR) is 123 cm³/mol. The van der Waals surface area contributed by atoms with Gasteiger partial charge in [0, 0.05) is 12.7 Å². The quantitative estimate of drug-likeness (QED) is 0.466. The van der Waals surface area contributed by atoms with Gasteiger partial charge in [-0.25, -0.2) is 12.8 Å². The molecule has 1 N–H and O–H groups in total. The Bertz CT molecular complexity index is 1450. The number of nitrogens with one attached hydrogen (secondary N) is 1. The van der Waals surface area contributed by atoms with Crippen molar-refractivity contribution in [1.29, 1.82) is 0 Å². The molecule has 0 bridgehead atoms. The second kappa shape index (κ2) is 8.56. The molecule has 0 radical (unpaired) electrons. The van der Waals surface area contributed by atoms with E-state index >= 15 is 0 Å². The monoisotopic (exact) mass is 471 g/mol. The first-order chi connectivity index (χ1) is 15.3. The lowest BCUT2D eigenvalue weighted by atomic mass is 10.3. The summed E-state index contributed by atoms with van der Waals surface area (Å²) in [6, 6.07) is 17.6. The van der Waals surface area contributed by atoms with Gasteiger partial charge < -0.3 is 9.88 Å². The van der Waals surface area contributed by atoms with Crippen LogP contribution in [0.3, 0.4) is 0 Å². The van der Waals surface area contributed by atoms with Crippen LogP contribution in [0.2, 0.25) is 0 Å². The molecule has 1 heterocycles. The highest BCUT2D eigenvalue weighted by atomic mass is 32.2. The molecule has 164 valence electrons. The molecular weight excluding hydrogens is 453 g/mol. The molecule has 4 rings (SSSR count). The van der Waals surface area contributed by atoms with E-state index in [-0.39, 0.29) is 9.77 Å². The molecule has 0 unspecified atom stereocenters. The van der Waals surface area contributed by atoms with E-state index < -0.39 is 28.3 Å². The number of nitrogens with zero attached hydrogens (tertiary/aromatic N) is 2. The molecule has 0 spiro atoms. The van der Waals surface area contributed by atoms with E-state index in [1.165, 1.54) is 4.57 Å². The van der Waals surface area contributed by atoms with Crippen LogP contribution in [0.25, 0.3) is 10.2 Å². The number of benzene rings is 3. The Morgan fingerprint density at radius 3 is 2.44 bits per heavy atom. The number of carbonyl (C=O) groups is 1. The predicted octanol–water partition coefficient (Wildman–Crippen LogP) is 3.57.